The van der Waals surface area contributed by atoms with Crippen LogP contribution >= 0.6 is 0 Å². The van der Waals surface area contributed by atoms with Crippen LogP contribution in [0.2, 0.25) is 0 Å². The molecule has 2 nitrogen and oxygen atoms in total. The molecule has 0 aromatic carbocycles. The lowest BCUT2D eigenvalue weighted by Gasteiger charge is -2.54. The molecule has 1 saturated carbocycles. The van der Waals surface area contributed by atoms with Crippen LogP contribution < -0.4 is 0 Å². The first-order valence-electron chi connectivity index (χ1n) is 6.50. The van der Waals surface area contributed by atoms with Crippen molar-refractivity contribution in [2.45, 2.75) is 47.0 Å². The van der Waals surface area contributed by atoms with Crippen molar-refractivity contribution in [3.05, 3.63) is 11.6 Å². The van der Waals surface area contributed by atoms with Gasteiger partial charge in [-0.3, -0.25) is 4.79 Å². The lowest BCUT2D eigenvalue weighted by molar-refractivity contribution is -0.138. The third-order valence-electron chi connectivity index (χ3n) is 4.97. The maximum Gasteiger partial charge on any atom is 0.159 e. The highest BCUT2D eigenvalue weighted by atomic mass is 16.1. The number of fused-ring (bicyclic) bond motifs is 1. The fourth-order valence-electron chi connectivity index (χ4n) is 4.33. The maximum atomic E-state index is 12.3. The average Bonchev–Trinajstić information content (AvgIpc) is 2.14. The van der Waals surface area contributed by atoms with Crippen molar-refractivity contribution in [3.8, 4) is 0 Å². The quantitative estimate of drug-likeness (QED) is 0.653. The number of hydrogen-bond donors (Lipinski definition) is 0. The van der Waals surface area contributed by atoms with Crippen LogP contribution in [0, 0.1) is 22.7 Å². The number of carbonyl (C=O) groups is 2. The molecule has 2 aliphatic rings. The van der Waals surface area contributed by atoms with Crippen LogP contribution in [-0.2, 0) is 9.59 Å². The van der Waals surface area contributed by atoms with Gasteiger partial charge in [-0.1, -0.05) is 32.8 Å². The summed E-state index contributed by atoms with van der Waals surface area (Å²) in [5, 5.41) is 0. The number of aldehydes is 1. The third-order valence-corrected chi connectivity index (χ3v) is 4.97. The van der Waals surface area contributed by atoms with Crippen molar-refractivity contribution in [3.63, 3.8) is 0 Å². The number of allylic oxidation sites excluding steroid dienone is 2. The first-order valence-corrected chi connectivity index (χ1v) is 6.50. The van der Waals surface area contributed by atoms with Gasteiger partial charge in [0.1, 0.15) is 6.29 Å². The number of ketones is 1. The van der Waals surface area contributed by atoms with E-state index in [-0.39, 0.29) is 28.4 Å². The molecule has 0 radical (unpaired) electrons. The summed E-state index contributed by atoms with van der Waals surface area (Å²) in [6.45, 7) is 8.39. The zero-order chi connectivity index (χ0) is 12.8. The van der Waals surface area contributed by atoms with E-state index in [4.69, 9.17) is 0 Å². The Labute approximate surface area is 103 Å². The topological polar surface area (TPSA) is 34.1 Å². The lowest BCUT2D eigenvalue weighted by Crippen LogP contribution is -2.52. The lowest BCUT2D eigenvalue weighted by atomic mass is 9.48. The van der Waals surface area contributed by atoms with Crippen molar-refractivity contribution < 1.29 is 9.59 Å². The van der Waals surface area contributed by atoms with Crippen LogP contribution in [-0.4, -0.2) is 12.1 Å². The van der Waals surface area contributed by atoms with Crippen LogP contribution in [0.5, 0.6) is 0 Å². The zero-order valence-electron chi connectivity index (χ0n) is 11.2. The van der Waals surface area contributed by atoms with Gasteiger partial charge in [-0.05, 0) is 36.7 Å². The van der Waals surface area contributed by atoms with E-state index >= 15 is 0 Å². The van der Waals surface area contributed by atoms with Crippen LogP contribution in [0.15, 0.2) is 11.6 Å². The molecule has 0 unspecified atom stereocenters. The van der Waals surface area contributed by atoms with E-state index in [1.165, 1.54) is 0 Å². The fraction of sp³-hybridized carbons (Fsp3) is 0.733. The minimum Gasteiger partial charge on any atom is -0.303 e. The van der Waals surface area contributed by atoms with Gasteiger partial charge in [0, 0.05) is 11.8 Å². The summed E-state index contributed by atoms with van der Waals surface area (Å²) >= 11 is 0. The van der Waals surface area contributed by atoms with Crippen molar-refractivity contribution in [1.29, 1.82) is 0 Å². The standard InChI is InChI=1S/C15H22O2/c1-10-8-12(17)13-14(2,3)6-5-7-15(13,4)11(10)9-16/h8-9,11,13H,5-7H2,1-4H3/t11-,13+,15-/m0/s1. The highest BCUT2D eigenvalue weighted by Gasteiger charge is 2.55. The number of carbonyl (C=O) groups excluding carboxylic acids is 2. The van der Waals surface area contributed by atoms with Gasteiger partial charge >= 0.3 is 0 Å². The SMILES string of the molecule is CC1=CC(=O)[C@@H]2C(C)(C)CCC[C@@]2(C)[C@H]1C=O. The summed E-state index contributed by atoms with van der Waals surface area (Å²) in [6.07, 6.45) is 5.94. The van der Waals surface area contributed by atoms with Gasteiger partial charge in [-0.2, -0.15) is 0 Å². The Morgan fingerprint density at radius 2 is 1.94 bits per heavy atom. The van der Waals surface area contributed by atoms with E-state index in [0.717, 1.165) is 31.1 Å². The Morgan fingerprint density at radius 1 is 1.29 bits per heavy atom. The van der Waals surface area contributed by atoms with Gasteiger partial charge in [-0.15, -0.1) is 0 Å². The molecule has 0 aromatic heterocycles. The second-order valence-electron chi connectivity index (χ2n) is 6.69. The van der Waals surface area contributed by atoms with Gasteiger partial charge in [0.25, 0.3) is 0 Å². The minimum atomic E-state index is -0.167. The smallest absolute Gasteiger partial charge is 0.159 e. The molecule has 2 aliphatic carbocycles. The monoisotopic (exact) mass is 234 g/mol. The second kappa shape index (κ2) is 3.79. The molecule has 0 N–H and O–H groups in total. The molecule has 1 fully saturated rings. The Balaban J connectivity index is 2.55. The largest absolute Gasteiger partial charge is 0.303 e. The number of rotatable bonds is 1. The van der Waals surface area contributed by atoms with Crippen LogP contribution in [0.4, 0.5) is 0 Å². The molecule has 0 heterocycles. The van der Waals surface area contributed by atoms with Crippen molar-refractivity contribution in [1.82, 2.24) is 0 Å². The molecule has 2 heteroatoms. The van der Waals surface area contributed by atoms with Crippen molar-refractivity contribution in [2.75, 3.05) is 0 Å². The Kier molecular flexibility index (Phi) is 2.80. The Hall–Kier alpha value is -0.920. The van der Waals surface area contributed by atoms with E-state index in [1.54, 1.807) is 6.08 Å². The van der Waals surface area contributed by atoms with E-state index in [9.17, 15) is 9.59 Å². The summed E-state index contributed by atoms with van der Waals surface area (Å²) in [7, 11) is 0. The normalized spacial score (nSPS) is 40.5. The molecule has 94 valence electrons. The van der Waals surface area contributed by atoms with Gasteiger partial charge in [0.2, 0.25) is 0 Å². The van der Waals surface area contributed by atoms with Crippen LogP contribution in [0.25, 0.3) is 0 Å². The number of hydrogen-bond acceptors (Lipinski definition) is 2. The molecule has 2 rings (SSSR count). The Morgan fingerprint density at radius 3 is 2.53 bits per heavy atom. The van der Waals surface area contributed by atoms with E-state index in [1.807, 2.05) is 6.92 Å². The molecule has 0 bridgehead atoms. The van der Waals surface area contributed by atoms with Gasteiger partial charge < -0.3 is 4.79 Å². The summed E-state index contributed by atoms with van der Waals surface area (Å²) in [4.78, 5) is 23.7. The fourth-order valence-corrected chi connectivity index (χ4v) is 4.33. The third kappa shape index (κ3) is 1.69. The predicted octanol–water partition coefficient (Wildman–Crippen LogP) is 3.16. The van der Waals surface area contributed by atoms with Gasteiger partial charge in [-0.25, -0.2) is 0 Å². The first-order chi connectivity index (χ1) is 7.83. The maximum absolute atomic E-state index is 12.3. The highest BCUT2D eigenvalue weighted by Crippen LogP contribution is 2.57. The van der Waals surface area contributed by atoms with Crippen LogP contribution in [0.1, 0.15) is 47.0 Å². The van der Waals surface area contributed by atoms with E-state index in [2.05, 4.69) is 20.8 Å². The molecular formula is C15H22O2. The van der Waals surface area contributed by atoms with E-state index < -0.39 is 0 Å². The predicted molar refractivity (Wildman–Crippen MR) is 67.5 cm³/mol. The molecule has 0 aromatic rings. The summed E-state index contributed by atoms with van der Waals surface area (Å²) in [5.41, 5.74) is 0.795. The molecule has 0 saturated heterocycles. The molecule has 17 heavy (non-hydrogen) atoms. The molecule has 0 spiro atoms. The van der Waals surface area contributed by atoms with Crippen molar-refractivity contribution >= 4 is 12.1 Å². The van der Waals surface area contributed by atoms with Gasteiger partial charge in [0.05, 0.1) is 0 Å². The van der Waals surface area contributed by atoms with E-state index in [0.29, 0.717) is 0 Å². The van der Waals surface area contributed by atoms with Crippen molar-refractivity contribution in [2.24, 2.45) is 22.7 Å². The minimum absolute atomic E-state index is 0.00245. The van der Waals surface area contributed by atoms with Crippen LogP contribution in [0.3, 0.4) is 0 Å². The molecule has 0 amide bonds. The molecule has 3 atom stereocenters. The Bertz CT molecular complexity index is 392. The summed E-state index contributed by atoms with van der Waals surface area (Å²) < 4.78 is 0. The summed E-state index contributed by atoms with van der Waals surface area (Å²) in [5.74, 6) is 0.153. The zero-order valence-corrected chi connectivity index (χ0v) is 11.2. The van der Waals surface area contributed by atoms with Gasteiger partial charge in [0.15, 0.2) is 5.78 Å². The average molecular weight is 234 g/mol. The molecule has 0 aliphatic heterocycles. The highest BCUT2D eigenvalue weighted by molar-refractivity contribution is 5.96. The first kappa shape index (κ1) is 12.5. The summed E-state index contributed by atoms with van der Waals surface area (Å²) in [6, 6.07) is 0. The molecular weight excluding hydrogens is 212 g/mol. The second-order valence-corrected chi connectivity index (χ2v) is 6.69.